The average Bonchev–Trinajstić information content (AvgIpc) is 2.35. The minimum Gasteiger partial charge on any atom is -0.310 e. The largest absolute Gasteiger partial charge is 0.310 e. The fraction of sp³-hybridized carbons (Fsp3) is 0.500. The van der Waals surface area contributed by atoms with E-state index in [1.54, 1.807) is 11.0 Å². The lowest BCUT2D eigenvalue weighted by Crippen LogP contribution is -2.52. The highest BCUT2D eigenvalue weighted by Crippen LogP contribution is 2.34. The van der Waals surface area contributed by atoms with E-state index < -0.39 is 0 Å². The summed E-state index contributed by atoms with van der Waals surface area (Å²) in [6.45, 7) is 4.77. The van der Waals surface area contributed by atoms with Gasteiger partial charge in [0.05, 0.1) is 21.8 Å². The van der Waals surface area contributed by atoms with Crippen LogP contribution in [0.3, 0.4) is 0 Å². The number of hydrogen-bond acceptors (Lipinski definition) is 2. The highest BCUT2D eigenvalue weighted by atomic mass is 35.5. The number of carbonyl (C=O) groups is 1. The summed E-state index contributed by atoms with van der Waals surface area (Å²) >= 11 is 12.2. The lowest BCUT2D eigenvalue weighted by Gasteiger charge is -2.34. The number of hydrogen-bond donors (Lipinski definition) is 1. The normalized spacial score (nSPS) is 20.2. The van der Waals surface area contributed by atoms with Crippen LogP contribution >= 0.6 is 23.2 Å². The molecule has 1 aromatic carbocycles. The number of piperidine rings is 1. The van der Waals surface area contributed by atoms with E-state index >= 15 is 0 Å². The molecule has 0 aliphatic carbocycles. The first-order valence-corrected chi connectivity index (χ1v) is 7.27. The summed E-state index contributed by atoms with van der Waals surface area (Å²) in [6.07, 6.45) is 1.82. The number of nitrogens with one attached hydrogen (secondary N) is 1. The summed E-state index contributed by atoms with van der Waals surface area (Å²) in [5.41, 5.74) is 0.703. The first-order chi connectivity index (χ1) is 9.00. The number of anilines is 1. The Labute approximate surface area is 123 Å². The molecule has 0 spiro atoms. The van der Waals surface area contributed by atoms with Crippen LogP contribution in [0.2, 0.25) is 10.0 Å². The topological polar surface area (TPSA) is 32.3 Å². The number of amides is 1. The summed E-state index contributed by atoms with van der Waals surface area (Å²) in [5, 5.41) is 4.22. The fourth-order valence-corrected chi connectivity index (χ4v) is 2.77. The number of rotatable bonds is 3. The molecule has 3 nitrogen and oxygen atoms in total. The third kappa shape index (κ3) is 3.22. The molecule has 1 aliphatic heterocycles. The molecule has 1 amide bonds. The predicted octanol–water partition coefficient (Wildman–Crippen LogP) is 3.49. The molecule has 1 N–H and O–H groups in total. The van der Waals surface area contributed by atoms with Crippen LogP contribution in [0, 0.1) is 0 Å². The predicted molar refractivity (Wildman–Crippen MR) is 80.1 cm³/mol. The number of benzene rings is 1. The van der Waals surface area contributed by atoms with Crippen molar-refractivity contribution in [2.45, 2.75) is 38.8 Å². The first-order valence-electron chi connectivity index (χ1n) is 6.52. The molecule has 1 aromatic rings. The molecule has 1 aliphatic rings. The maximum Gasteiger partial charge on any atom is 0.244 e. The van der Waals surface area contributed by atoms with Gasteiger partial charge in [0.1, 0.15) is 0 Å². The van der Waals surface area contributed by atoms with Crippen molar-refractivity contribution in [3.8, 4) is 0 Å². The zero-order valence-electron chi connectivity index (χ0n) is 11.1. The summed E-state index contributed by atoms with van der Waals surface area (Å²) in [7, 11) is 0. The minimum absolute atomic E-state index is 0.0733. The van der Waals surface area contributed by atoms with Crippen molar-refractivity contribution in [2.75, 3.05) is 11.4 Å². The smallest absolute Gasteiger partial charge is 0.244 e. The highest BCUT2D eigenvalue weighted by Gasteiger charge is 2.31. The van der Waals surface area contributed by atoms with Gasteiger partial charge in [0.15, 0.2) is 0 Å². The van der Waals surface area contributed by atoms with Gasteiger partial charge in [-0.05, 0) is 25.0 Å². The van der Waals surface area contributed by atoms with Gasteiger partial charge in [0, 0.05) is 12.6 Å². The van der Waals surface area contributed by atoms with Crippen LogP contribution in [0.25, 0.3) is 0 Å². The van der Waals surface area contributed by atoms with Crippen LogP contribution in [-0.2, 0) is 4.79 Å². The van der Waals surface area contributed by atoms with Crippen molar-refractivity contribution >= 4 is 34.8 Å². The molecule has 0 saturated carbocycles. The van der Waals surface area contributed by atoms with E-state index in [1.807, 2.05) is 26.0 Å². The molecule has 0 aromatic heterocycles. The molecule has 0 radical (unpaired) electrons. The second-order valence-corrected chi connectivity index (χ2v) is 5.86. The van der Waals surface area contributed by atoms with Crippen LogP contribution in [0.5, 0.6) is 0 Å². The maximum atomic E-state index is 12.5. The average molecular weight is 301 g/mol. The molecule has 104 valence electrons. The minimum atomic E-state index is -0.135. The summed E-state index contributed by atoms with van der Waals surface area (Å²) in [6, 6.07) is 5.53. The molecule has 1 fully saturated rings. The standard InChI is InChI=1S/C14H18Cl2N2O/c1-9(2)17-11-6-4-8-18(14(11)19)12-7-3-5-10(15)13(12)16/h3,5,7,9,11,17H,4,6,8H2,1-2H3. The molecule has 1 atom stereocenters. The van der Waals surface area contributed by atoms with E-state index in [2.05, 4.69) is 5.32 Å². The third-order valence-corrected chi connectivity index (χ3v) is 4.00. The zero-order chi connectivity index (χ0) is 14.0. The summed E-state index contributed by atoms with van der Waals surface area (Å²) in [5.74, 6) is 0.0733. The van der Waals surface area contributed by atoms with Crippen LogP contribution < -0.4 is 10.2 Å². The maximum absolute atomic E-state index is 12.5. The Bertz CT molecular complexity index is 477. The van der Waals surface area contributed by atoms with E-state index in [-0.39, 0.29) is 18.0 Å². The zero-order valence-corrected chi connectivity index (χ0v) is 12.6. The Morgan fingerprint density at radius 2 is 2.11 bits per heavy atom. The number of carbonyl (C=O) groups excluding carboxylic acids is 1. The third-order valence-electron chi connectivity index (χ3n) is 3.20. The Morgan fingerprint density at radius 1 is 1.37 bits per heavy atom. The van der Waals surface area contributed by atoms with Gasteiger partial charge in [-0.2, -0.15) is 0 Å². The van der Waals surface area contributed by atoms with Crippen molar-refractivity contribution in [1.82, 2.24) is 5.32 Å². The van der Waals surface area contributed by atoms with Crippen LogP contribution in [0.1, 0.15) is 26.7 Å². The van der Waals surface area contributed by atoms with Crippen molar-refractivity contribution in [3.05, 3.63) is 28.2 Å². The summed E-state index contributed by atoms with van der Waals surface area (Å²) in [4.78, 5) is 14.2. The van der Waals surface area contributed by atoms with Gasteiger partial charge < -0.3 is 10.2 Å². The first kappa shape index (κ1) is 14.6. The molecule has 19 heavy (non-hydrogen) atoms. The van der Waals surface area contributed by atoms with E-state index in [0.29, 0.717) is 22.3 Å². The Balaban J connectivity index is 2.24. The SMILES string of the molecule is CC(C)NC1CCCN(c2cccc(Cl)c2Cl)C1=O. The van der Waals surface area contributed by atoms with E-state index in [0.717, 1.165) is 12.8 Å². The lowest BCUT2D eigenvalue weighted by atomic mass is 10.0. The fourth-order valence-electron chi connectivity index (χ4n) is 2.37. The Morgan fingerprint density at radius 3 is 2.79 bits per heavy atom. The van der Waals surface area contributed by atoms with Gasteiger partial charge in [-0.25, -0.2) is 0 Å². The number of halogens is 2. The van der Waals surface area contributed by atoms with Crippen LogP contribution in [0.15, 0.2) is 18.2 Å². The van der Waals surface area contributed by atoms with Crippen LogP contribution in [0.4, 0.5) is 5.69 Å². The molecular formula is C14H18Cl2N2O. The molecule has 0 bridgehead atoms. The van der Waals surface area contributed by atoms with Crippen molar-refractivity contribution < 1.29 is 4.79 Å². The molecule has 2 rings (SSSR count). The number of nitrogens with zero attached hydrogens (tertiary/aromatic N) is 1. The Hall–Kier alpha value is -0.770. The van der Waals surface area contributed by atoms with Gasteiger partial charge in [0.25, 0.3) is 0 Å². The lowest BCUT2D eigenvalue weighted by molar-refractivity contribution is -0.121. The summed E-state index contributed by atoms with van der Waals surface area (Å²) < 4.78 is 0. The highest BCUT2D eigenvalue weighted by molar-refractivity contribution is 6.44. The van der Waals surface area contributed by atoms with Gasteiger partial charge in [-0.15, -0.1) is 0 Å². The molecule has 5 heteroatoms. The van der Waals surface area contributed by atoms with Gasteiger partial charge in [-0.1, -0.05) is 43.1 Å². The van der Waals surface area contributed by atoms with Crippen molar-refractivity contribution in [1.29, 1.82) is 0 Å². The van der Waals surface area contributed by atoms with E-state index in [1.165, 1.54) is 0 Å². The second-order valence-electron chi connectivity index (χ2n) is 5.08. The van der Waals surface area contributed by atoms with Gasteiger partial charge >= 0.3 is 0 Å². The molecule has 1 unspecified atom stereocenters. The van der Waals surface area contributed by atoms with Crippen molar-refractivity contribution in [2.24, 2.45) is 0 Å². The molecular weight excluding hydrogens is 283 g/mol. The van der Waals surface area contributed by atoms with Gasteiger partial charge in [0.2, 0.25) is 5.91 Å². The molecule has 1 heterocycles. The molecule has 1 saturated heterocycles. The quantitative estimate of drug-likeness (QED) is 0.927. The van der Waals surface area contributed by atoms with Crippen LogP contribution in [-0.4, -0.2) is 24.5 Å². The monoisotopic (exact) mass is 300 g/mol. The van der Waals surface area contributed by atoms with Gasteiger partial charge in [-0.3, -0.25) is 4.79 Å². The second kappa shape index (κ2) is 6.12. The van der Waals surface area contributed by atoms with E-state index in [9.17, 15) is 4.79 Å². The van der Waals surface area contributed by atoms with E-state index in [4.69, 9.17) is 23.2 Å². The van der Waals surface area contributed by atoms with Crippen molar-refractivity contribution in [3.63, 3.8) is 0 Å². The Kier molecular flexibility index (Phi) is 4.71.